The number of hydrogen-bond donors (Lipinski definition) is 2. The standard InChI is InChI=1S/C4H7F2NO2S/c5-4(6)10-1-2(7)3(8)9/h2,4H,1,7H2,(H,8,9)/t2-/m1/s1. The molecule has 3 nitrogen and oxygen atoms in total. The molecule has 0 unspecified atom stereocenters. The Labute approximate surface area is 60.6 Å². The van der Waals surface area contributed by atoms with Gasteiger partial charge in [-0.15, -0.1) is 0 Å². The lowest BCUT2D eigenvalue weighted by Gasteiger charge is -2.03. The largest absolute Gasteiger partial charge is 0.480 e. The van der Waals surface area contributed by atoms with E-state index in [1.165, 1.54) is 0 Å². The summed E-state index contributed by atoms with van der Waals surface area (Å²) in [5, 5.41) is 8.11. The van der Waals surface area contributed by atoms with Crippen LogP contribution in [-0.2, 0) is 4.79 Å². The molecule has 0 aliphatic carbocycles. The Morgan fingerprint density at radius 1 is 1.70 bits per heavy atom. The van der Waals surface area contributed by atoms with Crippen molar-refractivity contribution in [2.75, 3.05) is 5.75 Å². The first-order valence-corrected chi connectivity index (χ1v) is 3.47. The molecule has 0 aliphatic heterocycles. The van der Waals surface area contributed by atoms with Crippen LogP contribution in [0, 0.1) is 0 Å². The van der Waals surface area contributed by atoms with Crippen LogP contribution in [0.15, 0.2) is 0 Å². The van der Waals surface area contributed by atoms with Gasteiger partial charge in [0.15, 0.2) is 0 Å². The Balaban J connectivity index is 3.40. The number of hydrogen-bond acceptors (Lipinski definition) is 3. The van der Waals surface area contributed by atoms with Crippen molar-refractivity contribution in [3.63, 3.8) is 0 Å². The number of alkyl halides is 2. The van der Waals surface area contributed by atoms with Crippen molar-refractivity contribution in [3.8, 4) is 0 Å². The van der Waals surface area contributed by atoms with Crippen LogP contribution in [0.2, 0.25) is 0 Å². The van der Waals surface area contributed by atoms with Gasteiger partial charge in [0.05, 0.1) is 0 Å². The lowest BCUT2D eigenvalue weighted by Crippen LogP contribution is -2.32. The quantitative estimate of drug-likeness (QED) is 0.640. The van der Waals surface area contributed by atoms with E-state index >= 15 is 0 Å². The van der Waals surface area contributed by atoms with Gasteiger partial charge in [0.2, 0.25) is 0 Å². The minimum absolute atomic E-state index is 0.229. The molecule has 1 atom stereocenters. The molecule has 0 amide bonds. The number of thioether (sulfide) groups is 1. The van der Waals surface area contributed by atoms with Crippen LogP contribution >= 0.6 is 11.8 Å². The van der Waals surface area contributed by atoms with Crippen molar-refractivity contribution < 1.29 is 18.7 Å². The molecular weight excluding hydrogens is 164 g/mol. The molecule has 0 saturated heterocycles. The minimum atomic E-state index is -2.55. The number of aliphatic carboxylic acids is 1. The molecule has 0 radical (unpaired) electrons. The molecule has 10 heavy (non-hydrogen) atoms. The predicted octanol–water partition coefficient (Wildman–Crippen LogP) is 0.354. The molecular formula is C4H7F2NO2S. The predicted molar refractivity (Wildman–Crippen MR) is 34.1 cm³/mol. The number of carboxylic acids is 1. The van der Waals surface area contributed by atoms with Gasteiger partial charge in [-0.05, 0) is 0 Å². The fraction of sp³-hybridized carbons (Fsp3) is 0.750. The maximum atomic E-state index is 11.4. The van der Waals surface area contributed by atoms with Gasteiger partial charge >= 0.3 is 5.97 Å². The summed E-state index contributed by atoms with van der Waals surface area (Å²) in [6.45, 7) is 0. The molecule has 0 aromatic rings. The van der Waals surface area contributed by atoms with Crippen LogP contribution in [0.3, 0.4) is 0 Å². The molecule has 3 N–H and O–H groups in total. The van der Waals surface area contributed by atoms with Crippen molar-refractivity contribution in [2.45, 2.75) is 11.8 Å². The SMILES string of the molecule is N[C@H](CSC(F)F)C(=O)O. The van der Waals surface area contributed by atoms with Crippen LogP contribution in [-0.4, -0.2) is 28.6 Å². The molecule has 0 rings (SSSR count). The lowest BCUT2D eigenvalue weighted by molar-refractivity contribution is -0.137. The first-order valence-electron chi connectivity index (χ1n) is 2.42. The van der Waals surface area contributed by atoms with Crippen molar-refractivity contribution in [2.24, 2.45) is 5.73 Å². The number of nitrogens with two attached hydrogens (primary N) is 1. The summed E-state index contributed by atoms with van der Waals surface area (Å²) in [5.74, 6) is -4.06. The topological polar surface area (TPSA) is 63.3 Å². The third-order valence-electron chi connectivity index (χ3n) is 0.719. The summed E-state index contributed by atoms with van der Waals surface area (Å²) in [7, 11) is 0. The molecule has 0 heterocycles. The molecule has 60 valence electrons. The van der Waals surface area contributed by atoms with E-state index in [0.29, 0.717) is 0 Å². The van der Waals surface area contributed by atoms with Crippen LogP contribution in [0.25, 0.3) is 0 Å². The van der Waals surface area contributed by atoms with E-state index in [9.17, 15) is 13.6 Å². The molecule has 0 aromatic carbocycles. The lowest BCUT2D eigenvalue weighted by atomic mass is 10.4. The average molecular weight is 171 g/mol. The monoisotopic (exact) mass is 171 g/mol. The van der Waals surface area contributed by atoms with E-state index < -0.39 is 17.8 Å². The minimum Gasteiger partial charge on any atom is -0.480 e. The second-order valence-electron chi connectivity index (χ2n) is 1.54. The molecule has 6 heteroatoms. The Morgan fingerprint density at radius 2 is 2.20 bits per heavy atom. The van der Waals surface area contributed by atoms with E-state index in [1.807, 2.05) is 0 Å². The fourth-order valence-electron chi connectivity index (χ4n) is 0.248. The summed E-state index contributed by atoms with van der Waals surface area (Å²) >= 11 is 0.229. The van der Waals surface area contributed by atoms with Gasteiger partial charge in [-0.25, -0.2) is 0 Å². The van der Waals surface area contributed by atoms with Gasteiger partial charge in [-0.2, -0.15) is 8.78 Å². The van der Waals surface area contributed by atoms with Gasteiger partial charge in [0.25, 0.3) is 5.76 Å². The summed E-state index contributed by atoms with van der Waals surface area (Å²) in [4.78, 5) is 9.93. The summed E-state index contributed by atoms with van der Waals surface area (Å²) < 4.78 is 22.7. The summed E-state index contributed by atoms with van der Waals surface area (Å²) in [6.07, 6.45) is 0. The maximum Gasteiger partial charge on any atom is 0.321 e. The second-order valence-corrected chi connectivity index (χ2v) is 2.56. The Bertz CT molecular complexity index is 122. The third-order valence-corrected chi connectivity index (χ3v) is 1.52. The van der Waals surface area contributed by atoms with Crippen LogP contribution < -0.4 is 5.73 Å². The fourth-order valence-corrected chi connectivity index (χ4v) is 0.743. The molecule has 0 fully saturated rings. The van der Waals surface area contributed by atoms with E-state index in [-0.39, 0.29) is 17.5 Å². The van der Waals surface area contributed by atoms with E-state index in [0.717, 1.165) is 0 Å². The third kappa shape index (κ3) is 4.51. The highest BCUT2D eigenvalue weighted by Gasteiger charge is 2.13. The van der Waals surface area contributed by atoms with Crippen LogP contribution in [0.1, 0.15) is 0 Å². The highest BCUT2D eigenvalue weighted by Crippen LogP contribution is 2.13. The van der Waals surface area contributed by atoms with E-state index in [2.05, 4.69) is 0 Å². The summed E-state index contributed by atoms with van der Waals surface area (Å²) in [6, 6.07) is -1.20. The Morgan fingerprint density at radius 3 is 2.50 bits per heavy atom. The molecule has 0 spiro atoms. The van der Waals surface area contributed by atoms with Gasteiger partial charge in [0.1, 0.15) is 6.04 Å². The first kappa shape index (κ1) is 9.64. The van der Waals surface area contributed by atoms with Crippen molar-refractivity contribution in [1.29, 1.82) is 0 Å². The number of carbonyl (C=O) groups is 1. The number of carboxylic acid groups (broad SMARTS) is 1. The zero-order valence-corrected chi connectivity index (χ0v) is 5.78. The van der Waals surface area contributed by atoms with Crippen molar-refractivity contribution >= 4 is 17.7 Å². The maximum absolute atomic E-state index is 11.4. The van der Waals surface area contributed by atoms with Crippen LogP contribution in [0.4, 0.5) is 8.78 Å². The zero-order chi connectivity index (χ0) is 8.15. The van der Waals surface area contributed by atoms with Gasteiger partial charge in [0, 0.05) is 5.75 Å². The molecule has 0 aromatic heterocycles. The highest BCUT2D eigenvalue weighted by molar-refractivity contribution is 7.99. The normalized spacial score (nSPS) is 13.6. The average Bonchev–Trinajstić information content (AvgIpc) is 1.82. The molecule has 0 aliphatic rings. The zero-order valence-electron chi connectivity index (χ0n) is 4.96. The highest BCUT2D eigenvalue weighted by atomic mass is 32.2. The van der Waals surface area contributed by atoms with E-state index in [4.69, 9.17) is 10.8 Å². The molecule has 0 bridgehead atoms. The smallest absolute Gasteiger partial charge is 0.321 e. The summed E-state index contributed by atoms with van der Waals surface area (Å²) in [5.41, 5.74) is 4.91. The Kier molecular flexibility index (Phi) is 4.29. The van der Waals surface area contributed by atoms with Crippen LogP contribution in [0.5, 0.6) is 0 Å². The van der Waals surface area contributed by atoms with Gasteiger partial charge in [-0.1, -0.05) is 11.8 Å². The van der Waals surface area contributed by atoms with E-state index in [1.54, 1.807) is 0 Å². The van der Waals surface area contributed by atoms with Gasteiger partial charge < -0.3 is 10.8 Å². The van der Waals surface area contributed by atoms with Gasteiger partial charge in [-0.3, -0.25) is 4.79 Å². The number of halogens is 2. The molecule has 0 saturated carbocycles. The number of rotatable bonds is 4. The second kappa shape index (κ2) is 4.45. The van der Waals surface area contributed by atoms with Crippen molar-refractivity contribution in [3.05, 3.63) is 0 Å². The first-order chi connectivity index (χ1) is 4.54. The Hall–Kier alpha value is -0.360. The van der Waals surface area contributed by atoms with Crippen molar-refractivity contribution in [1.82, 2.24) is 0 Å².